The van der Waals surface area contributed by atoms with E-state index in [1.165, 1.54) is 0 Å². The number of aryl methyl sites for hydroxylation is 1. The van der Waals surface area contributed by atoms with Crippen molar-refractivity contribution in [2.45, 2.75) is 25.6 Å². The molecule has 4 nitrogen and oxygen atoms in total. The lowest BCUT2D eigenvalue weighted by atomic mass is 10.1. The third-order valence-electron chi connectivity index (χ3n) is 2.84. The molecule has 1 heterocycles. The van der Waals surface area contributed by atoms with Crippen LogP contribution in [-0.4, -0.2) is 35.6 Å². The summed E-state index contributed by atoms with van der Waals surface area (Å²) in [6, 6.07) is 5.45. The summed E-state index contributed by atoms with van der Waals surface area (Å²) >= 11 is 0. The van der Waals surface area contributed by atoms with Gasteiger partial charge in [0.15, 0.2) is 0 Å². The second kappa shape index (κ2) is 4.82. The summed E-state index contributed by atoms with van der Waals surface area (Å²) in [5.74, 6) is 0.284. The molecule has 1 aromatic carbocycles. The molecule has 0 saturated carbocycles. The second-order valence-corrected chi connectivity index (χ2v) is 4.22. The Bertz CT molecular complexity index is 367. The van der Waals surface area contributed by atoms with Gasteiger partial charge in [-0.2, -0.15) is 0 Å². The Morgan fingerprint density at radius 1 is 1.44 bits per heavy atom. The third-order valence-corrected chi connectivity index (χ3v) is 2.84. The quantitative estimate of drug-likeness (QED) is 0.700. The van der Waals surface area contributed by atoms with Crippen LogP contribution in [0, 0.1) is 6.92 Å². The summed E-state index contributed by atoms with van der Waals surface area (Å²) in [5.41, 5.74) is 1.96. The van der Waals surface area contributed by atoms with Crippen LogP contribution in [0.1, 0.15) is 11.1 Å². The summed E-state index contributed by atoms with van der Waals surface area (Å²) in [6.07, 6.45) is -0.452. The van der Waals surface area contributed by atoms with E-state index in [1.54, 1.807) is 6.07 Å². The number of aromatic hydroxyl groups is 1. The molecule has 3 N–H and O–H groups in total. The van der Waals surface area contributed by atoms with Crippen LogP contribution in [-0.2, 0) is 11.3 Å². The van der Waals surface area contributed by atoms with Crippen LogP contribution in [0.3, 0.4) is 0 Å². The minimum absolute atomic E-state index is 0.0417. The minimum Gasteiger partial charge on any atom is -0.508 e. The molecule has 4 heteroatoms. The van der Waals surface area contributed by atoms with Crippen LogP contribution in [0.4, 0.5) is 0 Å². The van der Waals surface area contributed by atoms with Crippen LogP contribution in [0.15, 0.2) is 18.2 Å². The van der Waals surface area contributed by atoms with Crippen LogP contribution in [0.5, 0.6) is 5.75 Å². The van der Waals surface area contributed by atoms with Crippen LogP contribution < -0.4 is 5.32 Å². The zero-order valence-electron chi connectivity index (χ0n) is 9.31. The molecular formula is C12H17NO3. The maximum Gasteiger partial charge on any atom is 0.120 e. The molecule has 1 saturated heterocycles. The molecule has 2 unspecified atom stereocenters. The molecule has 0 bridgehead atoms. The number of hydrogen-bond donors (Lipinski definition) is 3. The lowest BCUT2D eigenvalue weighted by molar-refractivity contribution is 0.122. The highest BCUT2D eigenvalue weighted by atomic mass is 16.5. The van der Waals surface area contributed by atoms with Gasteiger partial charge < -0.3 is 20.3 Å². The Morgan fingerprint density at radius 3 is 2.94 bits per heavy atom. The zero-order valence-corrected chi connectivity index (χ0v) is 9.31. The predicted molar refractivity (Wildman–Crippen MR) is 60.3 cm³/mol. The van der Waals surface area contributed by atoms with Gasteiger partial charge in [0.2, 0.25) is 0 Å². The van der Waals surface area contributed by atoms with E-state index in [9.17, 15) is 10.2 Å². The number of hydrogen-bond acceptors (Lipinski definition) is 4. The fourth-order valence-corrected chi connectivity index (χ4v) is 1.83. The fraction of sp³-hybridized carbons (Fsp3) is 0.500. The van der Waals surface area contributed by atoms with Crippen molar-refractivity contribution in [2.75, 3.05) is 13.2 Å². The van der Waals surface area contributed by atoms with E-state index < -0.39 is 6.10 Å². The summed E-state index contributed by atoms with van der Waals surface area (Å²) in [4.78, 5) is 0. The number of benzene rings is 1. The second-order valence-electron chi connectivity index (χ2n) is 4.22. The fourth-order valence-electron chi connectivity index (χ4n) is 1.83. The van der Waals surface area contributed by atoms with Crippen molar-refractivity contribution in [3.8, 4) is 5.75 Å². The van der Waals surface area contributed by atoms with Gasteiger partial charge in [0, 0.05) is 12.1 Å². The van der Waals surface area contributed by atoms with E-state index in [0.717, 1.165) is 11.1 Å². The average Bonchev–Trinajstić information content (AvgIpc) is 2.66. The predicted octanol–water partition coefficient (Wildman–Crippen LogP) is 0.550. The van der Waals surface area contributed by atoms with Gasteiger partial charge in [-0.15, -0.1) is 0 Å². The lowest BCUT2D eigenvalue weighted by Crippen LogP contribution is -2.38. The van der Waals surface area contributed by atoms with E-state index in [2.05, 4.69) is 5.32 Å². The largest absolute Gasteiger partial charge is 0.508 e. The van der Waals surface area contributed by atoms with E-state index in [-0.39, 0.29) is 11.8 Å². The number of phenolic OH excluding ortho intramolecular Hbond substituents is 1. The maximum absolute atomic E-state index is 9.64. The number of phenols is 1. The van der Waals surface area contributed by atoms with Gasteiger partial charge in [-0.25, -0.2) is 0 Å². The number of ether oxygens (including phenoxy) is 1. The molecule has 0 aliphatic carbocycles. The van der Waals surface area contributed by atoms with Gasteiger partial charge in [0.1, 0.15) is 5.75 Å². The first-order chi connectivity index (χ1) is 7.66. The molecule has 88 valence electrons. The third kappa shape index (κ3) is 2.52. The normalized spacial score (nSPS) is 24.9. The van der Waals surface area contributed by atoms with Crippen molar-refractivity contribution in [3.63, 3.8) is 0 Å². The molecule has 1 aliphatic heterocycles. The number of aliphatic hydroxyl groups is 1. The standard InChI is InChI=1S/C12H17NO3/c1-8-2-3-11(14)9(4-8)5-13-10-6-16-7-12(10)15/h2-4,10,12-15H,5-7H2,1H3. The molecule has 1 aromatic rings. The van der Waals surface area contributed by atoms with E-state index in [0.29, 0.717) is 19.8 Å². The van der Waals surface area contributed by atoms with Gasteiger partial charge in [0.05, 0.1) is 25.4 Å². The lowest BCUT2D eigenvalue weighted by Gasteiger charge is -2.15. The van der Waals surface area contributed by atoms with Crippen molar-refractivity contribution in [1.82, 2.24) is 5.32 Å². The number of aliphatic hydroxyl groups excluding tert-OH is 1. The van der Waals surface area contributed by atoms with E-state index in [4.69, 9.17) is 4.74 Å². The Kier molecular flexibility index (Phi) is 3.43. The highest BCUT2D eigenvalue weighted by Gasteiger charge is 2.25. The molecule has 0 spiro atoms. The average molecular weight is 223 g/mol. The van der Waals surface area contributed by atoms with E-state index >= 15 is 0 Å². The maximum atomic E-state index is 9.64. The monoisotopic (exact) mass is 223 g/mol. The highest BCUT2D eigenvalue weighted by Crippen LogP contribution is 2.18. The summed E-state index contributed by atoms with van der Waals surface area (Å²) in [6.45, 7) is 3.43. The van der Waals surface area contributed by atoms with Crippen molar-refractivity contribution in [2.24, 2.45) is 0 Å². The Morgan fingerprint density at radius 2 is 2.25 bits per heavy atom. The smallest absolute Gasteiger partial charge is 0.120 e. The van der Waals surface area contributed by atoms with Gasteiger partial charge >= 0.3 is 0 Å². The van der Waals surface area contributed by atoms with Crippen molar-refractivity contribution in [1.29, 1.82) is 0 Å². The van der Waals surface area contributed by atoms with Gasteiger partial charge in [0.25, 0.3) is 0 Å². The molecule has 1 aliphatic rings. The van der Waals surface area contributed by atoms with Crippen molar-refractivity contribution >= 4 is 0 Å². The SMILES string of the molecule is Cc1ccc(O)c(CNC2COCC2O)c1. The first-order valence-electron chi connectivity index (χ1n) is 5.44. The first-order valence-corrected chi connectivity index (χ1v) is 5.44. The molecule has 0 aromatic heterocycles. The Balaban J connectivity index is 1.96. The van der Waals surface area contributed by atoms with Crippen LogP contribution in [0.25, 0.3) is 0 Å². The van der Waals surface area contributed by atoms with Crippen molar-refractivity contribution in [3.05, 3.63) is 29.3 Å². The summed E-state index contributed by atoms with van der Waals surface area (Å²) in [7, 11) is 0. The highest BCUT2D eigenvalue weighted by molar-refractivity contribution is 5.35. The van der Waals surface area contributed by atoms with Crippen LogP contribution in [0.2, 0.25) is 0 Å². The number of rotatable bonds is 3. The van der Waals surface area contributed by atoms with Gasteiger partial charge in [-0.3, -0.25) is 0 Å². The molecule has 0 amide bonds. The molecule has 2 atom stereocenters. The molecule has 2 rings (SSSR count). The topological polar surface area (TPSA) is 61.7 Å². The van der Waals surface area contributed by atoms with Crippen molar-refractivity contribution < 1.29 is 14.9 Å². The van der Waals surface area contributed by atoms with Gasteiger partial charge in [-0.1, -0.05) is 17.7 Å². The molecular weight excluding hydrogens is 206 g/mol. The summed E-state index contributed by atoms with van der Waals surface area (Å²) < 4.78 is 5.14. The molecule has 0 radical (unpaired) electrons. The van der Waals surface area contributed by atoms with E-state index in [1.807, 2.05) is 19.1 Å². The summed E-state index contributed by atoms with van der Waals surface area (Å²) in [5, 5.41) is 22.4. The van der Waals surface area contributed by atoms with Gasteiger partial charge in [-0.05, 0) is 13.0 Å². The van der Waals surface area contributed by atoms with Crippen LogP contribution >= 0.6 is 0 Å². The zero-order chi connectivity index (χ0) is 11.5. The Hall–Kier alpha value is -1.10. The minimum atomic E-state index is -0.452. The number of nitrogens with one attached hydrogen (secondary N) is 1. The molecule has 1 fully saturated rings. The first kappa shape index (κ1) is 11.4. The Labute approximate surface area is 94.9 Å². The molecule has 16 heavy (non-hydrogen) atoms.